The van der Waals surface area contributed by atoms with E-state index in [4.69, 9.17) is 4.74 Å². The molecule has 0 bridgehead atoms. The van der Waals surface area contributed by atoms with Crippen LogP contribution in [0.5, 0.6) is 0 Å². The number of pyridine rings is 1. The predicted molar refractivity (Wildman–Crippen MR) is 83.9 cm³/mol. The van der Waals surface area contributed by atoms with Crippen molar-refractivity contribution in [1.29, 1.82) is 0 Å². The summed E-state index contributed by atoms with van der Waals surface area (Å²) in [5, 5.41) is 17.6. The molecule has 1 amide bonds. The molecule has 122 valence electrons. The average Bonchev–Trinajstić information content (AvgIpc) is 2.98. The molecule has 6 nitrogen and oxygen atoms in total. The Morgan fingerprint density at radius 2 is 2.26 bits per heavy atom. The molecular weight excluding hydrogens is 294 g/mol. The van der Waals surface area contributed by atoms with Crippen molar-refractivity contribution in [3.05, 3.63) is 36.2 Å². The molecule has 6 heteroatoms. The van der Waals surface area contributed by atoms with Crippen molar-refractivity contribution in [2.24, 2.45) is 5.41 Å². The Kier molecular flexibility index (Phi) is 3.58. The van der Waals surface area contributed by atoms with Crippen molar-refractivity contribution in [2.75, 3.05) is 13.2 Å². The number of aliphatic hydroxyl groups excluding tert-OH is 1. The third-order valence-electron chi connectivity index (χ3n) is 5.43. The fourth-order valence-electron chi connectivity index (χ4n) is 3.94. The van der Waals surface area contributed by atoms with Crippen LogP contribution in [0, 0.1) is 5.41 Å². The van der Waals surface area contributed by atoms with Gasteiger partial charge in [-0.3, -0.25) is 4.79 Å². The van der Waals surface area contributed by atoms with Gasteiger partial charge in [-0.05, 0) is 31.4 Å². The largest absolute Gasteiger partial charge is 0.392 e. The van der Waals surface area contributed by atoms with Gasteiger partial charge in [0.1, 0.15) is 0 Å². The molecule has 0 aromatic carbocycles. The standard InChI is InChI=1S/C17H21N3O3/c21-15-10-14(17(15)4-7-23-8-5-17)19-16(22)9-12-11-18-20-6-2-1-3-13(12)20/h1-3,6,11,14-15,21H,4-5,7-10H2,(H,19,22)/t14-,15-/m1/s1. The minimum absolute atomic E-state index is 0.00785. The van der Waals surface area contributed by atoms with Gasteiger partial charge in [0.25, 0.3) is 0 Å². The van der Waals surface area contributed by atoms with Crippen LogP contribution in [-0.2, 0) is 16.0 Å². The highest BCUT2D eigenvalue weighted by Crippen LogP contribution is 2.48. The average molecular weight is 315 g/mol. The van der Waals surface area contributed by atoms with Gasteiger partial charge in [-0.2, -0.15) is 5.10 Å². The summed E-state index contributed by atoms with van der Waals surface area (Å²) in [6.45, 7) is 1.33. The number of aliphatic hydroxyl groups is 1. The summed E-state index contributed by atoms with van der Waals surface area (Å²) in [7, 11) is 0. The predicted octanol–water partition coefficient (Wildman–Crippen LogP) is 0.923. The Bertz CT molecular complexity index is 721. The highest BCUT2D eigenvalue weighted by atomic mass is 16.5. The number of ether oxygens (including phenoxy) is 1. The van der Waals surface area contributed by atoms with Gasteiger partial charge in [-0.15, -0.1) is 0 Å². The van der Waals surface area contributed by atoms with Crippen LogP contribution in [0.25, 0.3) is 5.52 Å². The van der Waals surface area contributed by atoms with Gasteiger partial charge in [0.15, 0.2) is 0 Å². The highest BCUT2D eigenvalue weighted by molar-refractivity contribution is 5.81. The summed E-state index contributed by atoms with van der Waals surface area (Å²) in [5.74, 6) is -0.00785. The summed E-state index contributed by atoms with van der Waals surface area (Å²) in [4.78, 5) is 12.4. The number of nitrogens with one attached hydrogen (secondary N) is 1. The smallest absolute Gasteiger partial charge is 0.224 e. The molecule has 2 fully saturated rings. The highest BCUT2D eigenvalue weighted by Gasteiger charge is 2.55. The van der Waals surface area contributed by atoms with E-state index in [2.05, 4.69) is 10.4 Å². The first kappa shape index (κ1) is 14.7. The van der Waals surface area contributed by atoms with Gasteiger partial charge in [0, 0.05) is 36.4 Å². The van der Waals surface area contributed by atoms with Gasteiger partial charge < -0.3 is 15.2 Å². The van der Waals surface area contributed by atoms with E-state index in [1.165, 1.54) is 0 Å². The lowest BCUT2D eigenvalue weighted by Crippen LogP contribution is -2.65. The van der Waals surface area contributed by atoms with Crippen LogP contribution in [0.1, 0.15) is 24.8 Å². The molecule has 3 heterocycles. The Morgan fingerprint density at radius 1 is 1.43 bits per heavy atom. The SMILES string of the molecule is O=C(Cc1cnn2ccccc12)N[C@@H]1C[C@@H](O)C12CCOCC2. The maximum Gasteiger partial charge on any atom is 0.224 e. The Hall–Kier alpha value is -1.92. The normalized spacial score (nSPS) is 26.1. The lowest BCUT2D eigenvalue weighted by atomic mass is 9.58. The van der Waals surface area contributed by atoms with E-state index in [0.29, 0.717) is 26.1 Å². The number of aromatic nitrogens is 2. The van der Waals surface area contributed by atoms with E-state index >= 15 is 0 Å². The second kappa shape index (κ2) is 5.62. The quantitative estimate of drug-likeness (QED) is 0.883. The summed E-state index contributed by atoms with van der Waals surface area (Å²) < 4.78 is 7.17. The van der Waals surface area contributed by atoms with Gasteiger partial charge in [-0.25, -0.2) is 4.52 Å². The second-order valence-corrected chi connectivity index (χ2v) is 6.59. The van der Waals surface area contributed by atoms with Crippen LogP contribution in [0.2, 0.25) is 0 Å². The summed E-state index contributed by atoms with van der Waals surface area (Å²) in [5.41, 5.74) is 1.69. The maximum absolute atomic E-state index is 12.4. The molecule has 1 saturated heterocycles. The topological polar surface area (TPSA) is 75.9 Å². The van der Waals surface area contributed by atoms with Gasteiger partial charge in [0.2, 0.25) is 5.91 Å². The third-order valence-corrected chi connectivity index (χ3v) is 5.43. The first-order valence-corrected chi connectivity index (χ1v) is 8.15. The molecule has 0 unspecified atom stereocenters. The Balaban J connectivity index is 1.44. The minimum atomic E-state index is -0.325. The molecule has 2 N–H and O–H groups in total. The fourth-order valence-corrected chi connectivity index (χ4v) is 3.94. The first-order chi connectivity index (χ1) is 11.2. The van der Waals surface area contributed by atoms with Crippen LogP contribution in [0.3, 0.4) is 0 Å². The maximum atomic E-state index is 12.4. The zero-order valence-electron chi connectivity index (χ0n) is 12.9. The van der Waals surface area contributed by atoms with Crippen LogP contribution >= 0.6 is 0 Å². The monoisotopic (exact) mass is 315 g/mol. The number of fused-ring (bicyclic) bond motifs is 1. The lowest BCUT2D eigenvalue weighted by molar-refractivity contribution is -0.155. The Morgan fingerprint density at radius 3 is 3.04 bits per heavy atom. The van der Waals surface area contributed by atoms with Crippen LogP contribution in [-0.4, -0.2) is 46.0 Å². The molecule has 2 aromatic heterocycles. The van der Waals surface area contributed by atoms with Crippen molar-refractivity contribution in [1.82, 2.24) is 14.9 Å². The zero-order valence-corrected chi connectivity index (χ0v) is 12.9. The van der Waals surface area contributed by atoms with Crippen molar-refractivity contribution < 1.29 is 14.6 Å². The number of nitrogens with zero attached hydrogens (tertiary/aromatic N) is 2. The molecule has 1 saturated carbocycles. The molecule has 1 aliphatic heterocycles. The zero-order chi connectivity index (χ0) is 15.9. The molecule has 1 aliphatic carbocycles. The van der Waals surface area contributed by atoms with E-state index in [0.717, 1.165) is 23.9 Å². The summed E-state index contributed by atoms with van der Waals surface area (Å²) in [6.07, 6.45) is 5.87. The molecular formula is C17H21N3O3. The van der Waals surface area contributed by atoms with Crippen LogP contribution in [0.4, 0.5) is 0 Å². The number of hydrogen-bond donors (Lipinski definition) is 2. The van der Waals surface area contributed by atoms with Crippen LogP contribution < -0.4 is 5.32 Å². The number of carbonyl (C=O) groups excluding carboxylic acids is 1. The molecule has 2 aromatic rings. The fraction of sp³-hybridized carbons (Fsp3) is 0.529. The van der Waals surface area contributed by atoms with Gasteiger partial charge >= 0.3 is 0 Å². The van der Waals surface area contributed by atoms with Gasteiger partial charge in [0.05, 0.1) is 24.2 Å². The van der Waals surface area contributed by atoms with Gasteiger partial charge in [-0.1, -0.05) is 6.07 Å². The second-order valence-electron chi connectivity index (χ2n) is 6.59. The van der Waals surface area contributed by atoms with Crippen molar-refractivity contribution in [3.8, 4) is 0 Å². The van der Waals surface area contributed by atoms with Crippen molar-refractivity contribution in [3.63, 3.8) is 0 Å². The molecule has 4 rings (SSSR count). The molecule has 2 atom stereocenters. The lowest BCUT2D eigenvalue weighted by Gasteiger charge is -2.55. The van der Waals surface area contributed by atoms with Crippen molar-refractivity contribution >= 4 is 11.4 Å². The number of amides is 1. The van der Waals surface area contributed by atoms with E-state index in [1.54, 1.807) is 10.7 Å². The summed E-state index contributed by atoms with van der Waals surface area (Å²) in [6, 6.07) is 5.87. The Labute approximate surface area is 134 Å². The molecule has 23 heavy (non-hydrogen) atoms. The van der Waals surface area contributed by atoms with E-state index in [1.807, 2.05) is 24.4 Å². The first-order valence-electron chi connectivity index (χ1n) is 8.15. The van der Waals surface area contributed by atoms with Crippen molar-refractivity contribution in [2.45, 2.75) is 37.8 Å². The molecule has 0 radical (unpaired) electrons. The van der Waals surface area contributed by atoms with Crippen LogP contribution in [0.15, 0.2) is 30.6 Å². The van der Waals surface area contributed by atoms with E-state index < -0.39 is 0 Å². The third kappa shape index (κ3) is 2.42. The minimum Gasteiger partial charge on any atom is -0.392 e. The number of rotatable bonds is 3. The van der Waals surface area contributed by atoms with E-state index in [9.17, 15) is 9.90 Å². The number of carbonyl (C=O) groups is 1. The molecule has 1 spiro atoms. The number of hydrogen-bond acceptors (Lipinski definition) is 4. The molecule has 2 aliphatic rings. The summed E-state index contributed by atoms with van der Waals surface area (Å²) >= 11 is 0. The van der Waals surface area contributed by atoms with E-state index in [-0.39, 0.29) is 23.5 Å².